The second-order valence-corrected chi connectivity index (χ2v) is 5.40. The Morgan fingerprint density at radius 3 is 2.41 bits per heavy atom. The van der Waals surface area contributed by atoms with Gasteiger partial charge in [-0.25, -0.2) is 4.98 Å². The number of thiazole rings is 1. The smallest absolute Gasteiger partial charge is 0.185 e. The van der Waals surface area contributed by atoms with Crippen molar-refractivity contribution >= 4 is 16.5 Å². The van der Waals surface area contributed by atoms with Crippen molar-refractivity contribution in [1.29, 1.82) is 0 Å². The van der Waals surface area contributed by atoms with Crippen molar-refractivity contribution in [3.05, 3.63) is 11.1 Å². The predicted molar refractivity (Wildman–Crippen MR) is 76.7 cm³/mol. The molecule has 17 heavy (non-hydrogen) atoms. The maximum Gasteiger partial charge on any atom is 0.185 e. The molecule has 98 valence electrons. The third-order valence-electron chi connectivity index (χ3n) is 3.26. The van der Waals surface area contributed by atoms with Crippen LogP contribution in [-0.4, -0.2) is 18.1 Å². The van der Waals surface area contributed by atoms with Crippen molar-refractivity contribution < 1.29 is 0 Å². The molecular weight excluding hydrogens is 230 g/mol. The number of nitrogens with two attached hydrogens (primary N) is 1. The molecule has 1 aromatic rings. The highest BCUT2D eigenvalue weighted by molar-refractivity contribution is 7.13. The van der Waals surface area contributed by atoms with Crippen LogP contribution in [0.1, 0.15) is 52.3 Å². The summed E-state index contributed by atoms with van der Waals surface area (Å²) in [6.45, 7) is 10.8. The topological polar surface area (TPSA) is 42.2 Å². The average molecular weight is 255 g/mol. The molecule has 0 radical (unpaired) electrons. The van der Waals surface area contributed by atoms with Gasteiger partial charge >= 0.3 is 0 Å². The van der Waals surface area contributed by atoms with E-state index in [-0.39, 0.29) is 6.04 Å². The summed E-state index contributed by atoms with van der Waals surface area (Å²) in [5, 5.41) is 3.20. The lowest BCUT2D eigenvalue weighted by molar-refractivity contribution is 0.485. The lowest BCUT2D eigenvalue weighted by Gasteiger charge is -2.24. The molecule has 0 saturated carbocycles. The third kappa shape index (κ3) is 3.96. The Morgan fingerprint density at radius 1 is 1.35 bits per heavy atom. The summed E-state index contributed by atoms with van der Waals surface area (Å²) in [6, 6.07) is 0.0341. The molecule has 3 nitrogen and oxygen atoms in total. The SMILES string of the molecule is CCC(CC)CN(CC)c1nc(C(C)N)cs1. The molecule has 2 N–H and O–H groups in total. The first kappa shape index (κ1) is 14.5. The van der Waals surface area contributed by atoms with E-state index >= 15 is 0 Å². The first-order valence-corrected chi connectivity index (χ1v) is 7.46. The highest BCUT2D eigenvalue weighted by atomic mass is 32.1. The summed E-state index contributed by atoms with van der Waals surface area (Å²) in [5.74, 6) is 0.762. The maximum absolute atomic E-state index is 5.85. The highest BCUT2D eigenvalue weighted by Crippen LogP contribution is 2.24. The second-order valence-electron chi connectivity index (χ2n) is 4.56. The van der Waals surface area contributed by atoms with Gasteiger partial charge in [-0.05, 0) is 19.8 Å². The number of hydrogen-bond donors (Lipinski definition) is 1. The molecule has 0 aliphatic rings. The zero-order valence-corrected chi connectivity index (χ0v) is 12.3. The van der Waals surface area contributed by atoms with Crippen molar-refractivity contribution in [3.63, 3.8) is 0 Å². The van der Waals surface area contributed by atoms with E-state index in [9.17, 15) is 0 Å². The van der Waals surface area contributed by atoms with Gasteiger partial charge in [0.2, 0.25) is 0 Å². The first-order chi connectivity index (χ1) is 8.12. The minimum atomic E-state index is 0.0341. The lowest BCUT2D eigenvalue weighted by atomic mass is 10.0. The van der Waals surface area contributed by atoms with Gasteiger partial charge in [0, 0.05) is 24.5 Å². The molecular formula is C13H25N3S. The second kappa shape index (κ2) is 6.97. The Bertz CT molecular complexity index is 318. The number of anilines is 1. The maximum atomic E-state index is 5.85. The molecule has 1 aromatic heterocycles. The summed E-state index contributed by atoms with van der Waals surface area (Å²) in [4.78, 5) is 6.99. The van der Waals surface area contributed by atoms with Crippen molar-refractivity contribution in [1.82, 2.24) is 4.98 Å². The van der Waals surface area contributed by atoms with Gasteiger partial charge in [0.15, 0.2) is 5.13 Å². The van der Waals surface area contributed by atoms with Crippen LogP contribution in [0, 0.1) is 5.92 Å². The quantitative estimate of drug-likeness (QED) is 0.811. The fourth-order valence-electron chi connectivity index (χ4n) is 1.83. The number of hydrogen-bond acceptors (Lipinski definition) is 4. The number of rotatable bonds is 7. The van der Waals surface area contributed by atoms with Gasteiger partial charge in [-0.3, -0.25) is 0 Å². The zero-order chi connectivity index (χ0) is 12.8. The molecule has 1 unspecified atom stereocenters. The number of nitrogens with zero attached hydrogens (tertiary/aromatic N) is 2. The van der Waals surface area contributed by atoms with E-state index in [0.29, 0.717) is 0 Å². The molecule has 0 spiro atoms. The summed E-state index contributed by atoms with van der Waals surface area (Å²) in [5.41, 5.74) is 6.86. The van der Waals surface area contributed by atoms with Crippen LogP contribution in [0.15, 0.2) is 5.38 Å². The van der Waals surface area contributed by atoms with Crippen LogP contribution >= 0.6 is 11.3 Å². The Morgan fingerprint density at radius 2 is 2.00 bits per heavy atom. The van der Waals surface area contributed by atoms with E-state index in [0.717, 1.165) is 29.8 Å². The van der Waals surface area contributed by atoms with Gasteiger partial charge in [0.05, 0.1) is 5.69 Å². The van der Waals surface area contributed by atoms with E-state index in [4.69, 9.17) is 5.73 Å². The fraction of sp³-hybridized carbons (Fsp3) is 0.769. The van der Waals surface area contributed by atoms with Crippen LogP contribution in [0.3, 0.4) is 0 Å². The minimum absolute atomic E-state index is 0.0341. The van der Waals surface area contributed by atoms with Gasteiger partial charge < -0.3 is 10.6 Å². The van der Waals surface area contributed by atoms with Crippen LogP contribution in [0.2, 0.25) is 0 Å². The first-order valence-electron chi connectivity index (χ1n) is 6.58. The van der Waals surface area contributed by atoms with Crippen LogP contribution in [0.5, 0.6) is 0 Å². The molecule has 1 rings (SSSR count). The fourth-order valence-corrected chi connectivity index (χ4v) is 2.84. The summed E-state index contributed by atoms with van der Waals surface area (Å²) >= 11 is 1.71. The van der Waals surface area contributed by atoms with E-state index in [1.54, 1.807) is 11.3 Å². The summed E-state index contributed by atoms with van der Waals surface area (Å²) in [7, 11) is 0. The Kier molecular flexibility index (Phi) is 5.92. The minimum Gasteiger partial charge on any atom is -0.348 e. The average Bonchev–Trinajstić information content (AvgIpc) is 2.80. The van der Waals surface area contributed by atoms with Crippen molar-refractivity contribution in [2.45, 2.75) is 46.6 Å². The molecule has 4 heteroatoms. The Hall–Kier alpha value is -0.610. The van der Waals surface area contributed by atoms with Gasteiger partial charge in [0.1, 0.15) is 0 Å². The van der Waals surface area contributed by atoms with Crippen molar-refractivity contribution in [3.8, 4) is 0 Å². The number of aromatic nitrogens is 1. The van der Waals surface area contributed by atoms with E-state index in [1.807, 2.05) is 6.92 Å². The van der Waals surface area contributed by atoms with Crippen LogP contribution in [0.25, 0.3) is 0 Å². The van der Waals surface area contributed by atoms with Crippen molar-refractivity contribution in [2.75, 3.05) is 18.0 Å². The Labute approximate surface area is 109 Å². The summed E-state index contributed by atoms with van der Waals surface area (Å²) in [6.07, 6.45) is 2.47. The monoisotopic (exact) mass is 255 g/mol. The molecule has 0 aromatic carbocycles. The van der Waals surface area contributed by atoms with Gasteiger partial charge in [-0.2, -0.15) is 0 Å². The van der Waals surface area contributed by atoms with Gasteiger partial charge in [0.25, 0.3) is 0 Å². The zero-order valence-electron chi connectivity index (χ0n) is 11.4. The normalized spacial score (nSPS) is 13.1. The standard InChI is InChI=1S/C13H25N3S/c1-5-11(6-2)8-16(7-3)13-15-12(9-17-13)10(4)14/h9-11H,5-8,14H2,1-4H3. The molecule has 0 aliphatic carbocycles. The Balaban J connectivity index is 2.71. The third-order valence-corrected chi connectivity index (χ3v) is 4.18. The van der Waals surface area contributed by atoms with Crippen LogP contribution in [-0.2, 0) is 0 Å². The largest absolute Gasteiger partial charge is 0.348 e. The molecule has 0 aliphatic heterocycles. The molecule has 0 amide bonds. The van der Waals surface area contributed by atoms with E-state index in [1.165, 1.54) is 12.8 Å². The molecule has 1 heterocycles. The molecule has 0 fully saturated rings. The lowest BCUT2D eigenvalue weighted by Crippen LogP contribution is -2.29. The molecule has 0 saturated heterocycles. The van der Waals surface area contributed by atoms with Crippen LogP contribution in [0.4, 0.5) is 5.13 Å². The molecule has 1 atom stereocenters. The van der Waals surface area contributed by atoms with Gasteiger partial charge in [-0.15, -0.1) is 11.3 Å². The summed E-state index contributed by atoms with van der Waals surface area (Å²) < 4.78 is 0. The molecule has 0 bridgehead atoms. The van der Waals surface area contributed by atoms with Gasteiger partial charge in [-0.1, -0.05) is 26.7 Å². The van der Waals surface area contributed by atoms with Crippen molar-refractivity contribution in [2.24, 2.45) is 11.7 Å². The van der Waals surface area contributed by atoms with E-state index in [2.05, 4.69) is 36.0 Å². The highest BCUT2D eigenvalue weighted by Gasteiger charge is 2.14. The van der Waals surface area contributed by atoms with E-state index < -0.39 is 0 Å². The van der Waals surface area contributed by atoms with Crippen LogP contribution < -0.4 is 10.6 Å². The predicted octanol–water partition coefficient (Wildman–Crippen LogP) is 3.43.